The van der Waals surface area contributed by atoms with Gasteiger partial charge in [0.1, 0.15) is 11.4 Å². The third-order valence-electron chi connectivity index (χ3n) is 6.52. The zero-order valence-corrected chi connectivity index (χ0v) is 23.1. The number of aryl methyl sites for hydroxylation is 1. The minimum Gasteiger partial charge on any atom is -0.494 e. The van der Waals surface area contributed by atoms with Crippen LogP contribution in [0, 0.1) is 0 Å². The lowest BCUT2D eigenvalue weighted by Crippen LogP contribution is -2.29. The second-order valence-corrected chi connectivity index (χ2v) is 9.73. The van der Waals surface area contributed by atoms with Gasteiger partial charge < -0.3 is 35.1 Å². The number of hydrogen-bond acceptors (Lipinski definition) is 8. The summed E-state index contributed by atoms with van der Waals surface area (Å²) in [7, 11) is 13.1. The number of likely N-dealkylation sites (N-methyl/N-ethyl adjacent to an activating group) is 2. The summed E-state index contributed by atoms with van der Waals surface area (Å²) in [5.41, 5.74) is 11.5. The molecule has 0 bridgehead atoms. The maximum atomic E-state index is 13.2. The molecule has 3 N–H and O–H groups in total. The number of aromatic nitrogens is 3. The fourth-order valence-electron chi connectivity index (χ4n) is 4.45. The zero-order chi connectivity index (χ0) is 27.6. The molecule has 10 nitrogen and oxygen atoms in total. The second-order valence-electron chi connectivity index (χ2n) is 9.73. The Morgan fingerprint density at radius 2 is 1.82 bits per heavy atom. The molecule has 38 heavy (non-hydrogen) atoms. The van der Waals surface area contributed by atoms with Crippen LogP contribution in [-0.4, -0.2) is 85.7 Å². The van der Waals surface area contributed by atoms with E-state index in [1.54, 1.807) is 32.3 Å². The summed E-state index contributed by atoms with van der Waals surface area (Å²) in [4.78, 5) is 28.2. The molecule has 0 aliphatic heterocycles. The third-order valence-corrected chi connectivity index (χ3v) is 6.52. The van der Waals surface area contributed by atoms with Crippen LogP contribution in [0.15, 0.2) is 48.7 Å². The van der Waals surface area contributed by atoms with Crippen molar-refractivity contribution in [2.45, 2.75) is 0 Å². The molecule has 2 aromatic heterocycles. The minimum atomic E-state index is -0.102. The first-order chi connectivity index (χ1) is 18.1. The smallest absolute Gasteiger partial charge is 0.270 e. The van der Waals surface area contributed by atoms with Crippen molar-refractivity contribution in [3.05, 3.63) is 54.4 Å². The quantitative estimate of drug-likeness (QED) is 0.325. The van der Waals surface area contributed by atoms with E-state index in [9.17, 15) is 4.79 Å². The number of nitrogen functional groups attached to an aromatic ring is 1. The number of para-hydroxylation sites is 1. The van der Waals surface area contributed by atoms with Gasteiger partial charge in [0.15, 0.2) is 0 Å². The van der Waals surface area contributed by atoms with E-state index < -0.39 is 0 Å². The summed E-state index contributed by atoms with van der Waals surface area (Å²) in [6, 6.07) is 13.5. The van der Waals surface area contributed by atoms with Crippen LogP contribution in [0.25, 0.3) is 22.2 Å². The van der Waals surface area contributed by atoms with Gasteiger partial charge in [-0.1, -0.05) is 18.2 Å². The molecule has 0 fully saturated rings. The number of nitrogens with zero attached hydrogens (tertiary/aromatic N) is 6. The molecule has 4 aromatic rings. The Morgan fingerprint density at radius 1 is 1.08 bits per heavy atom. The Labute approximate surface area is 223 Å². The Bertz CT molecular complexity index is 1460. The number of amides is 1. The van der Waals surface area contributed by atoms with Gasteiger partial charge in [0.05, 0.1) is 29.9 Å². The molecule has 0 saturated heterocycles. The molecule has 10 heteroatoms. The molecule has 0 saturated carbocycles. The monoisotopic (exact) mass is 516 g/mol. The Kier molecular flexibility index (Phi) is 7.72. The Hall–Kier alpha value is -4.31. The zero-order valence-electron chi connectivity index (χ0n) is 23.1. The average Bonchev–Trinajstić information content (AvgIpc) is 3.19. The van der Waals surface area contributed by atoms with Crippen molar-refractivity contribution in [2.24, 2.45) is 7.05 Å². The van der Waals surface area contributed by atoms with Gasteiger partial charge >= 0.3 is 0 Å². The molecule has 200 valence electrons. The van der Waals surface area contributed by atoms with Gasteiger partial charge in [0.25, 0.3) is 5.91 Å². The van der Waals surface area contributed by atoms with Crippen molar-refractivity contribution < 1.29 is 9.53 Å². The molecule has 2 aromatic carbocycles. The van der Waals surface area contributed by atoms with E-state index in [1.807, 2.05) is 75.2 Å². The highest BCUT2D eigenvalue weighted by Gasteiger charge is 2.24. The van der Waals surface area contributed by atoms with Crippen molar-refractivity contribution >= 4 is 39.8 Å². The molecular weight excluding hydrogens is 480 g/mol. The normalized spacial score (nSPS) is 11.2. The van der Waals surface area contributed by atoms with Gasteiger partial charge in [-0.3, -0.25) is 4.79 Å². The molecule has 0 spiro atoms. The van der Waals surface area contributed by atoms with Gasteiger partial charge in [0, 0.05) is 70.0 Å². The van der Waals surface area contributed by atoms with E-state index in [4.69, 9.17) is 15.5 Å². The standard InChI is InChI=1S/C28H36N8O2/c1-33(2)14-15-35(5)23-17-24(38-7)21(16-19(23)29)32-28-30-13-12-20(31-28)25-18-10-8-9-11-22(18)36(6)26(25)27(37)34(3)4/h8-13,16-17H,14-15,29H2,1-7H3,(H,30,31,32). The SMILES string of the molecule is COc1cc(N(C)CCN(C)C)c(N)cc1Nc1nccc(-c2c(C(=O)N(C)C)n(C)c3ccccc23)n1. The number of hydrogen-bond donors (Lipinski definition) is 2. The van der Waals surface area contributed by atoms with Gasteiger partial charge in [0.2, 0.25) is 5.95 Å². The molecular formula is C28H36N8O2. The summed E-state index contributed by atoms with van der Waals surface area (Å²) in [5, 5.41) is 4.20. The van der Waals surface area contributed by atoms with Gasteiger partial charge in [-0.2, -0.15) is 0 Å². The van der Waals surface area contributed by atoms with Crippen LogP contribution in [-0.2, 0) is 7.05 Å². The Balaban J connectivity index is 1.74. The number of carbonyl (C=O) groups is 1. The van der Waals surface area contributed by atoms with Crippen LogP contribution < -0.4 is 20.7 Å². The lowest BCUT2D eigenvalue weighted by atomic mass is 10.1. The largest absolute Gasteiger partial charge is 0.494 e. The van der Waals surface area contributed by atoms with Gasteiger partial charge in [-0.05, 0) is 32.3 Å². The first kappa shape index (κ1) is 26.7. The molecule has 0 aliphatic carbocycles. The van der Waals surface area contributed by atoms with E-state index >= 15 is 0 Å². The lowest BCUT2D eigenvalue weighted by Gasteiger charge is -2.24. The number of benzene rings is 2. The number of methoxy groups -OCH3 is 1. The van der Waals surface area contributed by atoms with E-state index in [0.29, 0.717) is 34.5 Å². The number of fused-ring (bicyclic) bond motifs is 1. The molecule has 2 heterocycles. The number of anilines is 4. The number of nitrogens with one attached hydrogen (secondary N) is 1. The van der Waals surface area contributed by atoms with Crippen LogP contribution in [0.5, 0.6) is 5.75 Å². The highest BCUT2D eigenvalue weighted by Crippen LogP contribution is 2.37. The van der Waals surface area contributed by atoms with E-state index in [-0.39, 0.29) is 5.91 Å². The van der Waals surface area contributed by atoms with Crippen molar-refractivity contribution in [3.8, 4) is 17.0 Å². The van der Waals surface area contributed by atoms with Crippen LogP contribution in [0.2, 0.25) is 0 Å². The topological polar surface area (TPSA) is 105 Å². The van der Waals surface area contributed by atoms with Gasteiger partial charge in [-0.25, -0.2) is 9.97 Å². The maximum Gasteiger partial charge on any atom is 0.270 e. The van der Waals surface area contributed by atoms with Crippen molar-refractivity contribution in [2.75, 3.05) is 71.4 Å². The first-order valence-corrected chi connectivity index (χ1v) is 12.3. The lowest BCUT2D eigenvalue weighted by molar-refractivity contribution is 0.0819. The maximum absolute atomic E-state index is 13.2. The summed E-state index contributed by atoms with van der Waals surface area (Å²) in [6.45, 7) is 1.71. The molecule has 4 rings (SSSR count). The highest BCUT2D eigenvalue weighted by molar-refractivity contribution is 6.09. The molecule has 0 atom stereocenters. The van der Waals surface area contributed by atoms with Crippen LogP contribution in [0.1, 0.15) is 10.5 Å². The van der Waals surface area contributed by atoms with Gasteiger partial charge in [-0.15, -0.1) is 0 Å². The van der Waals surface area contributed by atoms with Crippen LogP contribution >= 0.6 is 0 Å². The summed E-state index contributed by atoms with van der Waals surface area (Å²) in [5.74, 6) is 0.883. The number of nitrogens with two attached hydrogens (primary N) is 1. The summed E-state index contributed by atoms with van der Waals surface area (Å²) >= 11 is 0. The predicted octanol–water partition coefficient (Wildman–Crippen LogP) is 3.67. The van der Waals surface area contributed by atoms with Crippen molar-refractivity contribution in [1.82, 2.24) is 24.3 Å². The highest BCUT2D eigenvalue weighted by atomic mass is 16.5. The summed E-state index contributed by atoms with van der Waals surface area (Å²) < 4.78 is 7.59. The van der Waals surface area contributed by atoms with Crippen LogP contribution in [0.3, 0.4) is 0 Å². The van der Waals surface area contributed by atoms with Crippen molar-refractivity contribution in [3.63, 3.8) is 0 Å². The average molecular weight is 517 g/mol. The number of rotatable bonds is 9. The number of carbonyl (C=O) groups excluding carboxylic acids is 1. The fourth-order valence-corrected chi connectivity index (χ4v) is 4.45. The molecule has 0 unspecified atom stereocenters. The van der Waals surface area contributed by atoms with E-state index in [0.717, 1.165) is 35.2 Å². The fraction of sp³-hybridized carbons (Fsp3) is 0.321. The summed E-state index contributed by atoms with van der Waals surface area (Å²) in [6.07, 6.45) is 1.68. The minimum absolute atomic E-state index is 0.102. The molecule has 1 amide bonds. The molecule has 0 aliphatic rings. The van der Waals surface area contributed by atoms with E-state index in [2.05, 4.69) is 20.1 Å². The second kappa shape index (κ2) is 11.0. The van der Waals surface area contributed by atoms with Crippen molar-refractivity contribution in [1.29, 1.82) is 0 Å². The van der Waals surface area contributed by atoms with E-state index in [1.165, 1.54) is 0 Å². The Morgan fingerprint density at radius 3 is 2.50 bits per heavy atom. The predicted molar refractivity (Wildman–Crippen MR) is 154 cm³/mol. The number of ether oxygens (including phenoxy) is 1. The van der Waals surface area contributed by atoms with Crippen LogP contribution in [0.4, 0.5) is 23.0 Å². The molecule has 0 radical (unpaired) electrons. The third kappa shape index (κ3) is 5.21. The first-order valence-electron chi connectivity index (χ1n) is 12.3.